The molecule has 1 aliphatic rings. The predicted octanol–water partition coefficient (Wildman–Crippen LogP) is 1.83. The van der Waals surface area contributed by atoms with Crippen LogP contribution in [0.25, 0.3) is 0 Å². The number of anilines is 1. The summed E-state index contributed by atoms with van der Waals surface area (Å²) >= 11 is 0. The van der Waals surface area contributed by atoms with E-state index in [0.717, 1.165) is 18.9 Å². The van der Waals surface area contributed by atoms with Crippen molar-refractivity contribution in [2.24, 2.45) is 5.92 Å². The van der Waals surface area contributed by atoms with Crippen molar-refractivity contribution < 1.29 is 18.4 Å². The molecule has 1 atom stereocenters. The van der Waals surface area contributed by atoms with Gasteiger partial charge in [0.05, 0.1) is 10.6 Å². The van der Waals surface area contributed by atoms with Gasteiger partial charge in [-0.05, 0) is 24.8 Å². The molecule has 1 aliphatic heterocycles. The Bertz CT molecular complexity index is 718. The quantitative estimate of drug-likeness (QED) is 0.579. The summed E-state index contributed by atoms with van der Waals surface area (Å²) in [7, 11) is -3.84. The van der Waals surface area contributed by atoms with E-state index in [1.807, 2.05) is 4.90 Å². The second-order valence-electron chi connectivity index (χ2n) is 6.14. The van der Waals surface area contributed by atoms with Crippen molar-refractivity contribution in [3.05, 3.63) is 28.3 Å². The Hall–Kier alpha value is -1.71. The van der Waals surface area contributed by atoms with Gasteiger partial charge in [0.2, 0.25) is 10.0 Å². The highest BCUT2D eigenvalue weighted by Crippen LogP contribution is 2.34. The molecule has 1 heterocycles. The number of sulfonamides is 1. The Labute approximate surface area is 148 Å². The molecule has 1 fully saturated rings. The number of nitro groups is 1. The molecule has 1 N–H and O–H groups in total. The lowest BCUT2D eigenvalue weighted by atomic mass is 9.98. The average Bonchev–Trinajstić information content (AvgIpc) is 2.62. The molecule has 1 aromatic carbocycles. The van der Waals surface area contributed by atoms with Crippen LogP contribution in [0.1, 0.15) is 26.7 Å². The lowest BCUT2D eigenvalue weighted by Crippen LogP contribution is -2.38. The van der Waals surface area contributed by atoms with Gasteiger partial charge in [0, 0.05) is 44.9 Å². The number of aliphatic hydroxyl groups excluding tert-OH is 1. The Kier molecular flexibility index (Phi) is 6.36. The fourth-order valence-corrected chi connectivity index (χ4v) is 4.91. The minimum Gasteiger partial charge on any atom is -0.396 e. The SMILES string of the molecule is CCN(CC)S(=O)(=O)c1cc([N+](=O)[O-])ccc1N1CCC[C@H](CO)C1. The number of piperidine rings is 1. The number of rotatable bonds is 7. The number of benzene rings is 1. The number of nitro benzene ring substituents is 1. The van der Waals surface area contributed by atoms with Gasteiger partial charge in [-0.1, -0.05) is 13.8 Å². The first-order valence-electron chi connectivity index (χ1n) is 8.49. The van der Waals surface area contributed by atoms with Gasteiger partial charge in [0.25, 0.3) is 5.69 Å². The molecule has 140 valence electrons. The van der Waals surface area contributed by atoms with Crippen molar-refractivity contribution in [1.82, 2.24) is 4.31 Å². The number of non-ortho nitro benzene ring substituents is 1. The van der Waals surface area contributed by atoms with E-state index in [-0.39, 0.29) is 23.1 Å². The van der Waals surface area contributed by atoms with Crippen LogP contribution >= 0.6 is 0 Å². The first-order valence-corrected chi connectivity index (χ1v) is 9.93. The highest BCUT2D eigenvalue weighted by molar-refractivity contribution is 7.89. The van der Waals surface area contributed by atoms with Crippen LogP contribution in [-0.2, 0) is 10.0 Å². The standard InChI is InChI=1S/C16H25N3O5S/c1-3-18(4-2)25(23,24)16-10-14(19(21)22)7-8-15(16)17-9-5-6-13(11-17)12-20/h7-8,10,13,20H,3-6,9,11-12H2,1-2H3/t13-/m0/s1. The summed E-state index contributed by atoms with van der Waals surface area (Å²) in [4.78, 5) is 12.4. The Morgan fingerprint density at radius 1 is 1.36 bits per heavy atom. The summed E-state index contributed by atoms with van der Waals surface area (Å²) in [6.07, 6.45) is 1.73. The van der Waals surface area contributed by atoms with Crippen LogP contribution in [0.15, 0.2) is 23.1 Å². The summed E-state index contributed by atoms with van der Waals surface area (Å²) in [5.41, 5.74) is 0.223. The van der Waals surface area contributed by atoms with Crippen LogP contribution in [-0.4, -0.2) is 55.5 Å². The molecule has 0 unspecified atom stereocenters. The minimum atomic E-state index is -3.84. The van der Waals surface area contributed by atoms with Crippen molar-refractivity contribution in [2.45, 2.75) is 31.6 Å². The normalized spacial score (nSPS) is 18.6. The summed E-state index contributed by atoms with van der Waals surface area (Å²) in [6, 6.07) is 3.99. The maximum atomic E-state index is 13.0. The summed E-state index contributed by atoms with van der Waals surface area (Å²) < 4.78 is 27.3. The molecule has 0 bridgehead atoms. The van der Waals surface area contributed by atoms with E-state index in [1.54, 1.807) is 13.8 Å². The molecule has 1 saturated heterocycles. The molecule has 0 saturated carbocycles. The van der Waals surface area contributed by atoms with Crippen molar-refractivity contribution in [2.75, 3.05) is 37.7 Å². The summed E-state index contributed by atoms with van der Waals surface area (Å²) in [5.74, 6) is 0.0768. The Morgan fingerprint density at radius 2 is 2.04 bits per heavy atom. The van der Waals surface area contributed by atoms with Gasteiger partial charge in [-0.2, -0.15) is 4.31 Å². The van der Waals surface area contributed by atoms with Gasteiger partial charge in [0.1, 0.15) is 4.90 Å². The fourth-order valence-electron chi connectivity index (χ4n) is 3.22. The zero-order chi connectivity index (χ0) is 18.6. The van der Waals surface area contributed by atoms with E-state index in [2.05, 4.69) is 0 Å². The van der Waals surface area contributed by atoms with Crippen LogP contribution in [0.2, 0.25) is 0 Å². The molecule has 0 radical (unpaired) electrons. The van der Waals surface area contributed by atoms with Crippen LogP contribution in [0.4, 0.5) is 11.4 Å². The molecule has 0 amide bonds. The van der Waals surface area contributed by atoms with E-state index in [9.17, 15) is 23.6 Å². The number of aliphatic hydroxyl groups is 1. The lowest BCUT2D eigenvalue weighted by Gasteiger charge is -2.35. The van der Waals surface area contributed by atoms with E-state index in [0.29, 0.717) is 31.9 Å². The van der Waals surface area contributed by atoms with Gasteiger partial charge in [-0.25, -0.2) is 8.42 Å². The van der Waals surface area contributed by atoms with Crippen LogP contribution in [0.3, 0.4) is 0 Å². The summed E-state index contributed by atoms with van der Waals surface area (Å²) in [6.45, 7) is 5.30. The van der Waals surface area contributed by atoms with Gasteiger partial charge in [-0.15, -0.1) is 0 Å². The largest absolute Gasteiger partial charge is 0.396 e. The molecular weight excluding hydrogens is 346 g/mol. The van der Waals surface area contributed by atoms with E-state index < -0.39 is 14.9 Å². The van der Waals surface area contributed by atoms with E-state index >= 15 is 0 Å². The van der Waals surface area contributed by atoms with Gasteiger partial charge < -0.3 is 10.0 Å². The zero-order valence-corrected chi connectivity index (χ0v) is 15.4. The molecule has 0 spiro atoms. The second-order valence-corrected chi connectivity index (χ2v) is 8.04. The molecule has 8 nitrogen and oxygen atoms in total. The smallest absolute Gasteiger partial charge is 0.270 e. The first kappa shape index (κ1) is 19.6. The van der Waals surface area contributed by atoms with Gasteiger partial charge >= 0.3 is 0 Å². The van der Waals surface area contributed by atoms with E-state index in [4.69, 9.17) is 0 Å². The van der Waals surface area contributed by atoms with Gasteiger partial charge in [-0.3, -0.25) is 10.1 Å². The maximum absolute atomic E-state index is 13.0. The van der Waals surface area contributed by atoms with Crippen LogP contribution < -0.4 is 4.90 Å². The van der Waals surface area contributed by atoms with Crippen molar-refractivity contribution >= 4 is 21.4 Å². The highest BCUT2D eigenvalue weighted by Gasteiger charge is 2.31. The molecule has 1 aromatic rings. The molecule has 0 aromatic heterocycles. The average molecular weight is 371 g/mol. The minimum absolute atomic E-state index is 0.0380. The third-order valence-corrected chi connectivity index (χ3v) is 6.67. The first-order chi connectivity index (χ1) is 11.8. The van der Waals surface area contributed by atoms with Crippen molar-refractivity contribution in [3.63, 3.8) is 0 Å². The third kappa shape index (κ3) is 4.10. The molecule has 2 rings (SSSR count). The molecule has 0 aliphatic carbocycles. The van der Waals surface area contributed by atoms with Crippen LogP contribution in [0, 0.1) is 16.0 Å². The zero-order valence-electron chi connectivity index (χ0n) is 14.6. The predicted molar refractivity (Wildman–Crippen MR) is 95.2 cm³/mol. The maximum Gasteiger partial charge on any atom is 0.270 e. The number of hydrogen-bond acceptors (Lipinski definition) is 6. The Balaban J connectivity index is 2.55. The monoisotopic (exact) mass is 371 g/mol. The summed E-state index contributed by atoms with van der Waals surface area (Å²) in [5, 5.41) is 20.5. The molecule has 9 heteroatoms. The van der Waals surface area contributed by atoms with E-state index in [1.165, 1.54) is 16.4 Å². The number of hydrogen-bond donors (Lipinski definition) is 1. The molecular formula is C16H25N3O5S. The topological polar surface area (TPSA) is 104 Å². The lowest BCUT2D eigenvalue weighted by molar-refractivity contribution is -0.385. The Morgan fingerprint density at radius 3 is 2.60 bits per heavy atom. The highest BCUT2D eigenvalue weighted by atomic mass is 32.2. The van der Waals surface area contributed by atoms with Gasteiger partial charge in [0.15, 0.2) is 0 Å². The fraction of sp³-hybridized carbons (Fsp3) is 0.625. The van der Waals surface area contributed by atoms with Crippen LogP contribution in [0.5, 0.6) is 0 Å². The van der Waals surface area contributed by atoms with Crippen molar-refractivity contribution in [3.8, 4) is 0 Å². The second kappa shape index (κ2) is 8.11. The third-order valence-electron chi connectivity index (χ3n) is 4.60. The number of nitrogens with zero attached hydrogens (tertiary/aromatic N) is 3. The molecule has 25 heavy (non-hydrogen) atoms. The van der Waals surface area contributed by atoms with Crippen molar-refractivity contribution in [1.29, 1.82) is 0 Å².